The van der Waals surface area contributed by atoms with E-state index in [9.17, 15) is 14.0 Å². The molecule has 6 heteroatoms. The highest BCUT2D eigenvalue weighted by Gasteiger charge is 2.32. The van der Waals surface area contributed by atoms with Gasteiger partial charge in [0.15, 0.2) is 0 Å². The maximum atomic E-state index is 13.7. The fourth-order valence-corrected chi connectivity index (χ4v) is 2.61. The number of anilines is 1. The van der Waals surface area contributed by atoms with Gasteiger partial charge in [0, 0.05) is 12.6 Å². The van der Waals surface area contributed by atoms with Crippen LogP contribution in [0.5, 0.6) is 0 Å². The quantitative estimate of drug-likeness (QED) is 0.881. The first-order valence-electron chi connectivity index (χ1n) is 6.95. The molecule has 2 atom stereocenters. The lowest BCUT2D eigenvalue weighted by Gasteiger charge is -2.36. The molecule has 1 aromatic carbocycles. The SMILES string of the molecule is Cc1ccc(NC(=O)N2CCC(C(=O)O)CC2C)c(F)c1. The predicted molar refractivity (Wildman–Crippen MR) is 76.7 cm³/mol. The molecule has 2 N–H and O–H groups in total. The second kappa shape index (κ2) is 6.11. The standard InChI is InChI=1S/C15H19FN2O3/c1-9-3-4-13(12(16)7-9)17-15(21)18-6-5-11(14(19)20)8-10(18)2/h3-4,7,10-11H,5-6,8H2,1-2H3,(H,17,21)(H,19,20). The van der Waals surface area contributed by atoms with Crippen molar-refractivity contribution in [2.24, 2.45) is 5.92 Å². The zero-order chi connectivity index (χ0) is 15.6. The van der Waals surface area contributed by atoms with Crippen molar-refractivity contribution < 1.29 is 19.1 Å². The molecule has 2 rings (SSSR count). The summed E-state index contributed by atoms with van der Waals surface area (Å²) in [6, 6.07) is 4.02. The molecule has 114 valence electrons. The lowest BCUT2D eigenvalue weighted by molar-refractivity contribution is -0.143. The number of carboxylic acid groups (broad SMARTS) is 1. The molecule has 1 heterocycles. The summed E-state index contributed by atoms with van der Waals surface area (Å²) in [6.07, 6.45) is 0.836. The van der Waals surface area contributed by atoms with Gasteiger partial charge in [-0.2, -0.15) is 0 Å². The van der Waals surface area contributed by atoms with Gasteiger partial charge in [-0.15, -0.1) is 0 Å². The number of urea groups is 1. The van der Waals surface area contributed by atoms with E-state index in [1.807, 2.05) is 0 Å². The lowest BCUT2D eigenvalue weighted by atomic mass is 9.92. The number of carbonyl (C=O) groups is 2. The number of nitrogens with one attached hydrogen (secondary N) is 1. The Hall–Kier alpha value is -2.11. The van der Waals surface area contributed by atoms with Gasteiger partial charge in [0.05, 0.1) is 11.6 Å². The van der Waals surface area contributed by atoms with Gasteiger partial charge in [0.1, 0.15) is 5.82 Å². The van der Waals surface area contributed by atoms with E-state index in [0.29, 0.717) is 19.4 Å². The van der Waals surface area contributed by atoms with Crippen LogP contribution in [0.15, 0.2) is 18.2 Å². The summed E-state index contributed by atoms with van der Waals surface area (Å²) >= 11 is 0. The van der Waals surface area contributed by atoms with E-state index in [0.717, 1.165) is 5.56 Å². The molecule has 1 aliphatic heterocycles. The minimum Gasteiger partial charge on any atom is -0.481 e. The van der Waals surface area contributed by atoms with Crippen molar-refractivity contribution in [2.75, 3.05) is 11.9 Å². The van der Waals surface area contributed by atoms with Crippen LogP contribution in [-0.4, -0.2) is 34.6 Å². The summed E-state index contributed by atoms with van der Waals surface area (Å²) in [5.41, 5.74) is 0.916. The highest BCUT2D eigenvalue weighted by Crippen LogP contribution is 2.24. The Morgan fingerprint density at radius 3 is 2.71 bits per heavy atom. The van der Waals surface area contributed by atoms with Crippen LogP contribution < -0.4 is 5.32 Å². The molecule has 1 saturated heterocycles. The molecule has 0 saturated carbocycles. The normalized spacial score (nSPS) is 22.0. The van der Waals surface area contributed by atoms with Gasteiger partial charge in [0.2, 0.25) is 0 Å². The van der Waals surface area contributed by atoms with Crippen LogP contribution in [0.1, 0.15) is 25.3 Å². The van der Waals surface area contributed by atoms with Crippen LogP contribution in [-0.2, 0) is 4.79 Å². The number of rotatable bonds is 2. The second-order valence-electron chi connectivity index (χ2n) is 5.52. The van der Waals surface area contributed by atoms with Crippen LogP contribution in [0.3, 0.4) is 0 Å². The number of halogens is 1. The number of piperidine rings is 1. The topological polar surface area (TPSA) is 69.6 Å². The fourth-order valence-electron chi connectivity index (χ4n) is 2.61. The van der Waals surface area contributed by atoms with E-state index >= 15 is 0 Å². The van der Waals surface area contributed by atoms with Gasteiger partial charge in [0.25, 0.3) is 0 Å². The minimum atomic E-state index is -0.827. The van der Waals surface area contributed by atoms with Gasteiger partial charge >= 0.3 is 12.0 Å². The first-order chi connectivity index (χ1) is 9.88. The van der Waals surface area contributed by atoms with Crippen LogP contribution in [0.2, 0.25) is 0 Å². The number of aryl methyl sites for hydroxylation is 1. The third-order valence-corrected chi connectivity index (χ3v) is 3.85. The molecule has 21 heavy (non-hydrogen) atoms. The van der Waals surface area contributed by atoms with Crippen LogP contribution >= 0.6 is 0 Å². The van der Waals surface area contributed by atoms with Crippen molar-refractivity contribution in [1.82, 2.24) is 4.90 Å². The predicted octanol–water partition coefficient (Wildman–Crippen LogP) is 2.85. The van der Waals surface area contributed by atoms with Crippen molar-refractivity contribution in [3.8, 4) is 0 Å². The Morgan fingerprint density at radius 1 is 1.43 bits per heavy atom. The molecule has 1 fully saturated rings. The van der Waals surface area contributed by atoms with Crippen molar-refractivity contribution >= 4 is 17.7 Å². The molecule has 1 aliphatic rings. The van der Waals surface area contributed by atoms with E-state index in [2.05, 4.69) is 5.32 Å². The van der Waals surface area contributed by atoms with Gasteiger partial charge in [-0.05, 0) is 44.4 Å². The van der Waals surface area contributed by atoms with Crippen molar-refractivity contribution in [3.63, 3.8) is 0 Å². The molecular weight excluding hydrogens is 275 g/mol. The number of likely N-dealkylation sites (tertiary alicyclic amines) is 1. The molecule has 5 nitrogen and oxygen atoms in total. The first kappa shape index (κ1) is 15.3. The van der Waals surface area contributed by atoms with E-state index < -0.39 is 23.7 Å². The average Bonchev–Trinajstić information content (AvgIpc) is 2.41. The maximum absolute atomic E-state index is 13.7. The number of aliphatic carboxylic acids is 1. The molecule has 2 amide bonds. The number of carbonyl (C=O) groups excluding carboxylic acids is 1. The van der Waals surface area contributed by atoms with Gasteiger partial charge < -0.3 is 15.3 Å². The second-order valence-corrected chi connectivity index (χ2v) is 5.52. The van der Waals surface area contributed by atoms with Crippen LogP contribution in [0.4, 0.5) is 14.9 Å². The molecule has 0 aliphatic carbocycles. The smallest absolute Gasteiger partial charge is 0.322 e. The van der Waals surface area contributed by atoms with E-state index in [1.54, 1.807) is 24.8 Å². The van der Waals surface area contributed by atoms with Crippen LogP contribution in [0.25, 0.3) is 0 Å². The number of amides is 2. The highest BCUT2D eigenvalue weighted by atomic mass is 19.1. The average molecular weight is 294 g/mol. The Labute approximate surface area is 122 Å². The van der Waals surface area contributed by atoms with Gasteiger partial charge in [-0.1, -0.05) is 6.07 Å². The summed E-state index contributed by atoms with van der Waals surface area (Å²) in [7, 11) is 0. The first-order valence-corrected chi connectivity index (χ1v) is 6.95. The van der Waals surface area contributed by atoms with Crippen molar-refractivity contribution in [3.05, 3.63) is 29.6 Å². The van der Waals surface area contributed by atoms with E-state index in [1.165, 1.54) is 12.1 Å². The summed E-state index contributed by atoms with van der Waals surface area (Å²) in [5.74, 6) is -1.72. The largest absolute Gasteiger partial charge is 0.481 e. The molecule has 0 spiro atoms. The maximum Gasteiger partial charge on any atom is 0.322 e. The van der Waals surface area contributed by atoms with Gasteiger partial charge in [-0.25, -0.2) is 9.18 Å². The number of benzene rings is 1. The monoisotopic (exact) mass is 294 g/mol. The van der Waals surface area contributed by atoms with Gasteiger partial charge in [-0.3, -0.25) is 4.79 Å². The third kappa shape index (κ3) is 3.51. The Balaban J connectivity index is 2.02. The molecule has 0 aromatic heterocycles. The number of nitrogens with zero attached hydrogens (tertiary/aromatic N) is 1. The fraction of sp³-hybridized carbons (Fsp3) is 0.467. The molecule has 1 aromatic rings. The summed E-state index contributed by atoms with van der Waals surface area (Å²) in [6.45, 7) is 3.94. The summed E-state index contributed by atoms with van der Waals surface area (Å²) < 4.78 is 13.7. The number of hydrogen-bond donors (Lipinski definition) is 2. The Bertz CT molecular complexity index is 562. The zero-order valence-corrected chi connectivity index (χ0v) is 12.1. The van der Waals surface area contributed by atoms with E-state index in [-0.39, 0.29) is 11.7 Å². The minimum absolute atomic E-state index is 0.137. The van der Waals surface area contributed by atoms with E-state index in [4.69, 9.17) is 5.11 Å². The highest BCUT2D eigenvalue weighted by molar-refractivity contribution is 5.90. The van der Waals surface area contributed by atoms with Crippen LogP contribution in [0, 0.1) is 18.7 Å². The zero-order valence-electron chi connectivity index (χ0n) is 12.1. The molecule has 2 unspecified atom stereocenters. The lowest BCUT2D eigenvalue weighted by Crippen LogP contribution is -2.47. The Morgan fingerprint density at radius 2 is 2.14 bits per heavy atom. The summed E-state index contributed by atoms with van der Waals surface area (Å²) in [4.78, 5) is 24.7. The van der Waals surface area contributed by atoms with Crippen molar-refractivity contribution in [1.29, 1.82) is 0 Å². The molecular formula is C15H19FN2O3. The summed E-state index contributed by atoms with van der Waals surface area (Å²) in [5, 5.41) is 11.6. The number of hydrogen-bond acceptors (Lipinski definition) is 2. The Kier molecular flexibility index (Phi) is 4.45. The van der Waals surface area contributed by atoms with Crippen molar-refractivity contribution in [2.45, 2.75) is 32.7 Å². The number of carboxylic acids is 1. The molecule has 0 bridgehead atoms. The molecule has 0 radical (unpaired) electrons. The third-order valence-electron chi connectivity index (χ3n) is 3.85.